The number of guanidine groups is 1. The Labute approximate surface area is 204 Å². The zero-order valence-electron chi connectivity index (χ0n) is 18.7. The van der Waals surface area contributed by atoms with Gasteiger partial charge in [0.2, 0.25) is 0 Å². The highest BCUT2D eigenvalue weighted by Gasteiger charge is 2.31. The highest BCUT2D eigenvalue weighted by Crippen LogP contribution is 2.39. The Kier molecular flexibility index (Phi) is 11.4. The molecule has 31 heavy (non-hydrogen) atoms. The first-order valence-electron chi connectivity index (χ1n) is 11.4. The molecule has 1 fully saturated rings. The molecule has 0 atom stereocenters. The fourth-order valence-electron chi connectivity index (χ4n) is 4.40. The molecule has 1 aliphatic carbocycles. The Morgan fingerprint density at radius 3 is 2.65 bits per heavy atom. The van der Waals surface area contributed by atoms with Crippen molar-refractivity contribution >= 4 is 29.9 Å². The van der Waals surface area contributed by atoms with Crippen molar-refractivity contribution in [2.45, 2.75) is 58.4 Å². The van der Waals surface area contributed by atoms with Crippen molar-refractivity contribution < 1.29 is 5.11 Å². The molecular formula is C24H38IN5O. The summed E-state index contributed by atoms with van der Waals surface area (Å²) in [5.74, 6) is 1.94. The van der Waals surface area contributed by atoms with Crippen LogP contribution in [-0.4, -0.2) is 46.9 Å². The van der Waals surface area contributed by atoms with Crippen molar-refractivity contribution in [3.8, 4) is 0 Å². The molecule has 0 spiro atoms. The van der Waals surface area contributed by atoms with E-state index in [9.17, 15) is 5.11 Å². The number of nitrogens with one attached hydrogen (secondary N) is 2. The largest absolute Gasteiger partial charge is 0.396 e. The molecular weight excluding hydrogens is 501 g/mol. The molecule has 7 heteroatoms. The van der Waals surface area contributed by atoms with Crippen molar-refractivity contribution in [2.24, 2.45) is 10.4 Å². The van der Waals surface area contributed by atoms with Gasteiger partial charge in [-0.15, -0.1) is 24.0 Å². The number of nitrogens with zero attached hydrogens (tertiary/aromatic N) is 3. The maximum absolute atomic E-state index is 9.54. The van der Waals surface area contributed by atoms with Crippen LogP contribution >= 0.6 is 24.0 Å². The molecule has 0 saturated heterocycles. The number of aliphatic imine (C=N–C) groups is 1. The number of imidazole rings is 1. The number of hydrogen-bond donors (Lipinski definition) is 3. The Balaban J connectivity index is 0.00000341. The van der Waals surface area contributed by atoms with Crippen LogP contribution in [0, 0.1) is 5.41 Å². The maximum atomic E-state index is 9.54. The van der Waals surface area contributed by atoms with E-state index in [4.69, 9.17) is 4.99 Å². The second-order valence-electron chi connectivity index (χ2n) is 8.36. The number of hydrogen-bond acceptors (Lipinski definition) is 3. The minimum absolute atomic E-state index is 0. The molecule has 0 radical (unpaired) electrons. The van der Waals surface area contributed by atoms with E-state index < -0.39 is 0 Å². The number of aromatic nitrogens is 2. The topological polar surface area (TPSA) is 74.5 Å². The molecule has 1 aromatic heterocycles. The fourth-order valence-corrected chi connectivity index (χ4v) is 4.40. The summed E-state index contributed by atoms with van der Waals surface area (Å²) in [5, 5.41) is 16.4. The molecule has 1 heterocycles. The van der Waals surface area contributed by atoms with Crippen molar-refractivity contribution in [3.63, 3.8) is 0 Å². The summed E-state index contributed by atoms with van der Waals surface area (Å²) in [6.45, 7) is 5.59. The lowest BCUT2D eigenvalue weighted by atomic mass is 9.72. The van der Waals surface area contributed by atoms with E-state index in [0.717, 1.165) is 50.8 Å². The number of benzene rings is 1. The van der Waals surface area contributed by atoms with Crippen LogP contribution < -0.4 is 10.6 Å². The summed E-state index contributed by atoms with van der Waals surface area (Å²) >= 11 is 0. The number of aliphatic hydroxyl groups is 1. The molecule has 3 rings (SSSR count). The average molecular weight is 540 g/mol. The highest BCUT2D eigenvalue weighted by atomic mass is 127. The number of aliphatic hydroxyl groups excluding tert-OH is 1. The molecule has 1 aromatic carbocycles. The van der Waals surface area contributed by atoms with Crippen LogP contribution in [0.5, 0.6) is 0 Å². The number of halogens is 1. The molecule has 1 saturated carbocycles. The van der Waals surface area contributed by atoms with Crippen LogP contribution in [0.15, 0.2) is 47.7 Å². The second kappa shape index (κ2) is 13.7. The first-order chi connectivity index (χ1) is 14.7. The molecule has 172 valence electrons. The smallest absolute Gasteiger partial charge is 0.191 e. The zero-order valence-corrected chi connectivity index (χ0v) is 21.1. The van der Waals surface area contributed by atoms with Gasteiger partial charge in [0, 0.05) is 51.6 Å². The van der Waals surface area contributed by atoms with Gasteiger partial charge in [0.1, 0.15) is 5.82 Å². The van der Waals surface area contributed by atoms with Crippen LogP contribution in [-0.2, 0) is 13.0 Å². The summed E-state index contributed by atoms with van der Waals surface area (Å²) in [7, 11) is 0. The monoisotopic (exact) mass is 539 g/mol. The summed E-state index contributed by atoms with van der Waals surface area (Å²) in [5.41, 5.74) is 1.45. The van der Waals surface area contributed by atoms with Crippen LogP contribution in [0.4, 0.5) is 0 Å². The molecule has 0 unspecified atom stereocenters. The van der Waals surface area contributed by atoms with Crippen molar-refractivity contribution in [3.05, 3.63) is 54.1 Å². The molecule has 1 aliphatic rings. The predicted octanol–water partition coefficient (Wildman–Crippen LogP) is 3.98. The van der Waals surface area contributed by atoms with E-state index in [0.29, 0.717) is 0 Å². The molecule has 0 amide bonds. The molecule has 0 bridgehead atoms. The quantitative estimate of drug-likeness (QED) is 0.243. The van der Waals surface area contributed by atoms with Gasteiger partial charge >= 0.3 is 0 Å². The molecule has 0 aliphatic heterocycles. The third-order valence-electron chi connectivity index (χ3n) is 6.11. The number of rotatable bonds is 10. The lowest BCUT2D eigenvalue weighted by Crippen LogP contribution is -2.40. The average Bonchev–Trinajstić information content (AvgIpc) is 3.20. The molecule has 6 nitrogen and oxygen atoms in total. The van der Waals surface area contributed by atoms with E-state index in [1.165, 1.54) is 37.7 Å². The first kappa shape index (κ1) is 25.6. The van der Waals surface area contributed by atoms with Gasteiger partial charge in [-0.05, 0) is 37.2 Å². The summed E-state index contributed by atoms with van der Waals surface area (Å²) < 4.78 is 2.21. The van der Waals surface area contributed by atoms with Crippen LogP contribution in [0.3, 0.4) is 0 Å². The van der Waals surface area contributed by atoms with Crippen LogP contribution in [0.25, 0.3) is 0 Å². The third-order valence-corrected chi connectivity index (χ3v) is 6.11. The lowest BCUT2D eigenvalue weighted by Gasteiger charge is -2.35. The SMILES string of the molecule is CCNC(=NCC1(CCO)CCCCC1)NCCc1nccn1Cc1ccccc1.I. The van der Waals surface area contributed by atoms with Gasteiger partial charge in [0.05, 0.1) is 0 Å². The predicted molar refractivity (Wildman–Crippen MR) is 138 cm³/mol. The zero-order chi connectivity index (χ0) is 21.1. The van der Waals surface area contributed by atoms with Crippen LogP contribution in [0.2, 0.25) is 0 Å². The van der Waals surface area contributed by atoms with Gasteiger partial charge in [-0.1, -0.05) is 49.6 Å². The minimum Gasteiger partial charge on any atom is -0.396 e. The molecule has 3 N–H and O–H groups in total. The fraction of sp³-hybridized carbons (Fsp3) is 0.583. The Bertz CT molecular complexity index is 766. The van der Waals surface area contributed by atoms with Gasteiger partial charge in [-0.2, -0.15) is 0 Å². The Hall–Kier alpha value is -1.61. The van der Waals surface area contributed by atoms with Crippen molar-refractivity contribution in [2.75, 3.05) is 26.2 Å². The normalized spacial score (nSPS) is 15.9. The van der Waals surface area contributed by atoms with E-state index in [1.807, 2.05) is 18.5 Å². The van der Waals surface area contributed by atoms with Gasteiger partial charge in [0.25, 0.3) is 0 Å². The molecule has 2 aromatic rings. The standard InChI is InChI=1S/C24H37N5O.HI/c1-2-25-23(28-20-24(14-18-30)12-7-4-8-13-24)27-15-11-22-26-16-17-29(22)19-21-9-5-3-6-10-21;/h3,5-6,9-10,16-17,30H,2,4,7-8,11-15,18-20H2,1H3,(H2,25,27,28);1H. The van der Waals surface area contributed by atoms with E-state index in [-0.39, 0.29) is 36.0 Å². The summed E-state index contributed by atoms with van der Waals surface area (Å²) in [6, 6.07) is 10.5. The third kappa shape index (κ3) is 8.11. The van der Waals surface area contributed by atoms with Crippen LogP contribution in [0.1, 0.15) is 56.8 Å². The maximum Gasteiger partial charge on any atom is 0.191 e. The first-order valence-corrected chi connectivity index (χ1v) is 11.4. The highest BCUT2D eigenvalue weighted by molar-refractivity contribution is 14.0. The summed E-state index contributed by atoms with van der Waals surface area (Å²) in [6.07, 6.45) is 11.8. The van der Waals surface area contributed by atoms with Crippen molar-refractivity contribution in [1.82, 2.24) is 20.2 Å². The van der Waals surface area contributed by atoms with Gasteiger partial charge < -0.3 is 20.3 Å². The van der Waals surface area contributed by atoms with Crippen molar-refractivity contribution in [1.29, 1.82) is 0 Å². The van der Waals surface area contributed by atoms with Gasteiger partial charge in [-0.3, -0.25) is 4.99 Å². The van der Waals surface area contributed by atoms with E-state index >= 15 is 0 Å². The second-order valence-corrected chi connectivity index (χ2v) is 8.36. The summed E-state index contributed by atoms with van der Waals surface area (Å²) in [4.78, 5) is 9.44. The van der Waals surface area contributed by atoms with E-state index in [1.54, 1.807) is 0 Å². The minimum atomic E-state index is 0. The Morgan fingerprint density at radius 1 is 1.16 bits per heavy atom. The lowest BCUT2D eigenvalue weighted by molar-refractivity contribution is 0.137. The Morgan fingerprint density at radius 2 is 1.94 bits per heavy atom. The van der Waals surface area contributed by atoms with Gasteiger partial charge in [0.15, 0.2) is 5.96 Å². The van der Waals surface area contributed by atoms with E-state index in [2.05, 4.69) is 51.4 Å². The van der Waals surface area contributed by atoms with Gasteiger partial charge in [-0.25, -0.2) is 4.98 Å².